The van der Waals surface area contributed by atoms with Crippen molar-refractivity contribution in [2.45, 2.75) is 38.0 Å². The van der Waals surface area contributed by atoms with E-state index in [1.807, 2.05) is 6.92 Å². The van der Waals surface area contributed by atoms with Gasteiger partial charge in [0.2, 0.25) is 10.0 Å². The van der Waals surface area contributed by atoms with E-state index in [4.69, 9.17) is 4.74 Å². The Morgan fingerprint density at radius 3 is 2.56 bits per heavy atom. The van der Waals surface area contributed by atoms with Crippen LogP contribution in [0.25, 0.3) is 0 Å². The molecule has 0 aromatic carbocycles. The number of guanidine groups is 1. The van der Waals surface area contributed by atoms with Crippen LogP contribution in [0.15, 0.2) is 26.7 Å². The topological polar surface area (TPSA) is 91.8 Å². The van der Waals surface area contributed by atoms with Gasteiger partial charge in [-0.3, -0.25) is 4.99 Å². The monoisotopic (exact) mass is 390 g/mol. The summed E-state index contributed by atoms with van der Waals surface area (Å²) in [5.41, 5.74) is -0.00802. The molecule has 1 atom stereocenters. The molecule has 0 bridgehead atoms. The number of thiophene rings is 1. The molecule has 0 aliphatic heterocycles. The lowest BCUT2D eigenvalue weighted by molar-refractivity contribution is 0.0241. The zero-order valence-corrected chi connectivity index (χ0v) is 17.3. The maximum absolute atomic E-state index is 12.0. The van der Waals surface area contributed by atoms with Crippen molar-refractivity contribution in [2.24, 2.45) is 10.4 Å². The van der Waals surface area contributed by atoms with Crippen LogP contribution in [0.4, 0.5) is 0 Å². The number of methoxy groups -OCH3 is 1. The predicted octanol–water partition coefficient (Wildman–Crippen LogP) is 1.64. The van der Waals surface area contributed by atoms with Crippen molar-refractivity contribution in [3.63, 3.8) is 0 Å². The summed E-state index contributed by atoms with van der Waals surface area (Å²) in [6.45, 7) is 10.3. The first-order valence-electron chi connectivity index (χ1n) is 8.29. The minimum atomic E-state index is -3.43. The molecular weight excluding hydrogens is 360 g/mol. The van der Waals surface area contributed by atoms with Crippen LogP contribution >= 0.6 is 11.3 Å². The van der Waals surface area contributed by atoms with Crippen molar-refractivity contribution in [1.82, 2.24) is 15.4 Å². The minimum Gasteiger partial charge on any atom is -0.379 e. The van der Waals surface area contributed by atoms with Gasteiger partial charge in [-0.2, -0.15) is 0 Å². The highest BCUT2D eigenvalue weighted by Crippen LogP contribution is 2.21. The molecule has 1 aromatic rings. The summed E-state index contributed by atoms with van der Waals surface area (Å²) in [4.78, 5) is 4.53. The molecule has 0 aliphatic rings. The number of hydrogen-bond acceptors (Lipinski definition) is 5. The molecule has 1 rings (SSSR count). The highest BCUT2D eigenvalue weighted by Gasteiger charge is 2.24. The molecule has 0 saturated heterocycles. The van der Waals surface area contributed by atoms with Gasteiger partial charge in [-0.1, -0.05) is 26.8 Å². The Balaban J connectivity index is 2.51. The first kappa shape index (κ1) is 21.9. The van der Waals surface area contributed by atoms with Crippen molar-refractivity contribution in [3.8, 4) is 0 Å². The van der Waals surface area contributed by atoms with Gasteiger partial charge in [-0.05, 0) is 23.8 Å². The Kier molecular flexibility index (Phi) is 8.84. The summed E-state index contributed by atoms with van der Waals surface area (Å²) in [6.07, 6.45) is 0.000266. The predicted molar refractivity (Wildman–Crippen MR) is 104 cm³/mol. The Labute approximate surface area is 155 Å². The van der Waals surface area contributed by atoms with Gasteiger partial charge in [0, 0.05) is 26.7 Å². The van der Waals surface area contributed by atoms with Crippen molar-refractivity contribution in [3.05, 3.63) is 17.5 Å². The van der Waals surface area contributed by atoms with Gasteiger partial charge in [0.05, 0.1) is 12.6 Å². The number of sulfonamides is 1. The molecule has 0 radical (unpaired) electrons. The Bertz CT molecular complexity index is 622. The third kappa shape index (κ3) is 7.72. The molecule has 25 heavy (non-hydrogen) atoms. The van der Waals surface area contributed by atoms with E-state index in [0.717, 1.165) is 6.54 Å². The highest BCUT2D eigenvalue weighted by molar-refractivity contribution is 7.91. The summed E-state index contributed by atoms with van der Waals surface area (Å²) < 4.78 is 32.5. The van der Waals surface area contributed by atoms with Gasteiger partial charge in [0.15, 0.2) is 5.96 Å². The largest absolute Gasteiger partial charge is 0.379 e. The van der Waals surface area contributed by atoms with Crippen LogP contribution in [0.5, 0.6) is 0 Å². The molecule has 1 aromatic heterocycles. The summed E-state index contributed by atoms with van der Waals surface area (Å²) in [5, 5.41) is 8.02. The lowest BCUT2D eigenvalue weighted by Crippen LogP contribution is -2.42. The zero-order chi connectivity index (χ0) is 18.9. The molecule has 1 heterocycles. The second-order valence-corrected chi connectivity index (χ2v) is 9.51. The van der Waals surface area contributed by atoms with Gasteiger partial charge in [0.25, 0.3) is 0 Å². The number of nitrogens with zero attached hydrogens (tertiary/aromatic N) is 1. The van der Waals surface area contributed by atoms with E-state index in [2.05, 4.69) is 41.1 Å². The van der Waals surface area contributed by atoms with Crippen molar-refractivity contribution < 1.29 is 13.2 Å². The van der Waals surface area contributed by atoms with Gasteiger partial charge in [-0.15, -0.1) is 11.3 Å². The fraction of sp³-hybridized carbons (Fsp3) is 0.688. The van der Waals surface area contributed by atoms with E-state index in [9.17, 15) is 8.42 Å². The quantitative estimate of drug-likeness (QED) is 0.339. The molecule has 0 saturated carbocycles. The van der Waals surface area contributed by atoms with Gasteiger partial charge in [-0.25, -0.2) is 13.1 Å². The van der Waals surface area contributed by atoms with Crippen molar-refractivity contribution in [1.29, 1.82) is 0 Å². The Morgan fingerprint density at radius 2 is 2.04 bits per heavy atom. The molecule has 7 nitrogen and oxygen atoms in total. The lowest BCUT2D eigenvalue weighted by Gasteiger charge is -2.28. The van der Waals surface area contributed by atoms with Crippen LogP contribution in [0, 0.1) is 5.41 Å². The number of rotatable bonds is 9. The standard InChI is InChI=1S/C16H30N4O3S2/c1-6-17-15(19-12-13(23-5)16(2,3)4)18-9-10-20-25(21,22)14-8-7-11-24-14/h7-8,11,13,20H,6,9-10,12H2,1-5H3,(H2,17,18,19). The van der Waals surface area contributed by atoms with Crippen LogP contribution in [0.3, 0.4) is 0 Å². The van der Waals surface area contributed by atoms with Gasteiger partial charge < -0.3 is 15.4 Å². The Hall–Kier alpha value is -1.16. The Morgan fingerprint density at radius 1 is 1.32 bits per heavy atom. The second-order valence-electron chi connectivity index (χ2n) is 6.57. The summed E-state index contributed by atoms with van der Waals surface area (Å²) in [6, 6.07) is 3.30. The molecular formula is C16H30N4O3S2. The molecule has 9 heteroatoms. The van der Waals surface area contributed by atoms with Crippen molar-refractivity contribution >= 4 is 27.3 Å². The molecule has 3 N–H and O–H groups in total. The van der Waals surface area contributed by atoms with Crippen LogP contribution in [0.2, 0.25) is 0 Å². The fourth-order valence-corrected chi connectivity index (χ4v) is 4.14. The maximum Gasteiger partial charge on any atom is 0.250 e. The van der Waals surface area contributed by atoms with E-state index < -0.39 is 10.0 Å². The fourth-order valence-electron chi connectivity index (χ4n) is 2.07. The van der Waals surface area contributed by atoms with Gasteiger partial charge in [0.1, 0.15) is 4.21 Å². The van der Waals surface area contributed by atoms with E-state index in [-0.39, 0.29) is 18.1 Å². The molecule has 0 amide bonds. The van der Waals surface area contributed by atoms with Crippen LogP contribution in [0.1, 0.15) is 27.7 Å². The average molecular weight is 391 g/mol. The number of hydrogen-bond donors (Lipinski definition) is 3. The van der Waals surface area contributed by atoms with Gasteiger partial charge >= 0.3 is 0 Å². The summed E-state index contributed by atoms with van der Waals surface area (Å²) in [5.74, 6) is 0.643. The third-order valence-corrected chi connectivity index (χ3v) is 6.34. The third-order valence-electron chi connectivity index (χ3n) is 3.48. The first-order chi connectivity index (χ1) is 11.7. The van der Waals surface area contributed by atoms with Crippen LogP contribution in [-0.4, -0.2) is 53.8 Å². The van der Waals surface area contributed by atoms with Crippen LogP contribution in [-0.2, 0) is 14.8 Å². The van der Waals surface area contributed by atoms with E-state index in [1.165, 1.54) is 11.3 Å². The lowest BCUT2D eigenvalue weighted by atomic mass is 9.89. The maximum atomic E-state index is 12.0. The van der Waals surface area contributed by atoms with E-state index in [0.29, 0.717) is 23.3 Å². The van der Waals surface area contributed by atoms with Crippen LogP contribution < -0.4 is 15.4 Å². The first-order valence-corrected chi connectivity index (χ1v) is 10.6. The normalized spacial score (nSPS) is 14.4. The average Bonchev–Trinajstić information content (AvgIpc) is 3.06. The SMILES string of the molecule is CCNC(=NCC(OC)C(C)(C)C)NCCNS(=O)(=O)c1cccs1. The highest BCUT2D eigenvalue weighted by atomic mass is 32.2. The van der Waals surface area contributed by atoms with Crippen molar-refractivity contribution in [2.75, 3.05) is 33.3 Å². The molecule has 144 valence electrons. The molecule has 1 unspecified atom stereocenters. The second kappa shape index (κ2) is 10.1. The minimum absolute atomic E-state index is 0.000266. The molecule has 0 fully saturated rings. The molecule has 0 spiro atoms. The summed E-state index contributed by atoms with van der Waals surface area (Å²) >= 11 is 1.20. The number of nitrogens with one attached hydrogen (secondary N) is 3. The molecule has 0 aliphatic carbocycles. The number of ether oxygens (including phenoxy) is 1. The van der Waals surface area contributed by atoms with E-state index >= 15 is 0 Å². The number of aliphatic imine (C=N–C) groups is 1. The van der Waals surface area contributed by atoms with E-state index in [1.54, 1.807) is 24.6 Å². The zero-order valence-electron chi connectivity index (χ0n) is 15.6. The summed E-state index contributed by atoms with van der Waals surface area (Å²) in [7, 11) is -1.74. The smallest absolute Gasteiger partial charge is 0.250 e.